The first kappa shape index (κ1) is 18.7. The fraction of sp³-hybridized carbons (Fsp3) is 0.250. The number of hydroxylamine groups is 2. The maximum Gasteiger partial charge on any atom is 0.418 e. The topological polar surface area (TPSA) is 77.7 Å². The minimum atomic E-state index is -4.63. The number of carbonyl (C=O) groups excluding carboxylic acids is 1. The number of nitrogens with two attached hydrogens (primary N) is 1. The van der Waals surface area contributed by atoms with Crippen LogP contribution in [0.3, 0.4) is 0 Å². The van der Waals surface area contributed by atoms with E-state index in [0.29, 0.717) is 5.75 Å². The molecule has 0 aliphatic rings. The standard InChI is InChI=1S/C16H16F3N3O3/c1-22(25-15(23)10-5-3-6-11(9-10)24-2)14(20)13-12(16(17,18)19)7-4-8-21-13/h3-9,14H,20H2,1-2H3. The van der Waals surface area contributed by atoms with Crippen LogP contribution in [0.4, 0.5) is 13.2 Å². The molecule has 1 unspecified atom stereocenters. The highest BCUT2D eigenvalue weighted by Gasteiger charge is 2.36. The monoisotopic (exact) mass is 355 g/mol. The van der Waals surface area contributed by atoms with Crippen molar-refractivity contribution >= 4 is 5.97 Å². The quantitative estimate of drug-likeness (QED) is 0.656. The first-order valence-corrected chi connectivity index (χ1v) is 7.11. The number of pyridine rings is 1. The van der Waals surface area contributed by atoms with E-state index in [4.69, 9.17) is 15.3 Å². The predicted molar refractivity (Wildman–Crippen MR) is 82.3 cm³/mol. The van der Waals surface area contributed by atoms with Crippen LogP contribution in [0.25, 0.3) is 0 Å². The lowest BCUT2D eigenvalue weighted by Crippen LogP contribution is -2.35. The molecule has 0 aliphatic carbocycles. The number of ether oxygens (including phenoxy) is 1. The molecule has 0 spiro atoms. The second kappa shape index (κ2) is 7.49. The maximum atomic E-state index is 13.0. The van der Waals surface area contributed by atoms with Gasteiger partial charge in [0.1, 0.15) is 11.9 Å². The Labute approximate surface area is 141 Å². The number of benzene rings is 1. The molecule has 0 fully saturated rings. The van der Waals surface area contributed by atoms with Crippen LogP contribution in [-0.2, 0) is 11.0 Å². The third-order valence-electron chi connectivity index (χ3n) is 3.35. The normalized spacial score (nSPS) is 12.8. The van der Waals surface area contributed by atoms with E-state index in [9.17, 15) is 18.0 Å². The van der Waals surface area contributed by atoms with Crippen LogP contribution in [0.1, 0.15) is 27.8 Å². The Morgan fingerprint density at radius 2 is 2.00 bits per heavy atom. The lowest BCUT2D eigenvalue weighted by atomic mass is 10.1. The highest BCUT2D eigenvalue weighted by atomic mass is 19.4. The molecule has 0 aliphatic heterocycles. The minimum absolute atomic E-state index is 0.162. The van der Waals surface area contributed by atoms with E-state index in [1.54, 1.807) is 12.1 Å². The number of aromatic nitrogens is 1. The highest BCUT2D eigenvalue weighted by Crippen LogP contribution is 2.33. The van der Waals surface area contributed by atoms with Gasteiger partial charge in [0.2, 0.25) is 0 Å². The van der Waals surface area contributed by atoms with Crippen LogP contribution < -0.4 is 10.5 Å². The van der Waals surface area contributed by atoms with Crippen LogP contribution in [0.15, 0.2) is 42.6 Å². The zero-order valence-corrected chi connectivity index (χ0v) is 13.4. The van der Waals surface area contributed by atoms with Gasteiger partial charge in [-0.2, -0.15) is 13.2 Å². The van der Waals surface area contributed by atoms with Crippen LogP contribution in [0.2, 0.25) is 0 Å². The molecule has 9 heteroatoms. The van der Waals surface area contributed by atoms with Crippen LogP contribution in [0, 0.1) is 0 Å². The molecular formula is C16H16F3N3O3. The molecule has 0 bridgehead atoms. The van der Waals surface area contributed by atoms with Crippen molar-refractivity contribution in [3.8, 4) is 5.75 Å². The van der Waals surface area contributed by atoms with Crippen LogP contribution in [-0.4, -0.2) is 30.2 Å². The van der Waals surface area contributed by atoms with Crippen LogP contribution >= 0.6 is 0 Å². The molecule has 0 saturated heterocycles. The van der Waals surface area contributed by atoms with Crippen LogP contribution in [0.5, 0.6) is 5.75 Å². The Bertz CT molecular complexity index is 753. The molecule has 2 aromatic rings. The van der Waals surface area contributed by atoms with E-state index >= 15 is 0 Å². The predicted octanol–water partition coefficient (Wildman–Crippen LogP) is 2.77. The third-order valence-corrected chi connectivity index (χ3v) is 3.35. The van der Waals surface area contributed by atoms with E-state index in [1.165, 1.54) is 32.5 Å². The SMILES string of the molecule is COc1cccc(C(=O)ON(C)C(N)c2ncccc2C(F)(F)F)c1. The summed E-state index contributed by atoms with van der Waals surface area (Å²) in [6.45, 7) is 0. The van der Waals surface area contributed by atoms with Crippen molar-refractivity contribution in [1.82, 2.24) is 10.0 Å². The molecular weight excluding hydrogens is 339 g/mol. The molecule has 1 atom stereocenters. The van der Waals surface area contributed by atoms with Crippen molar-refractivity contribution in [2.75, 3.05) is 14.2 Å². The van der Waals surface area contributed by atoms with Gasteiger partial charge in [0.25, 0.3) is 0 Å². The van der Waals surface area contributed by atoms with Gasteiger partial charge in [0.15, 0.2) is 0 Å². The second-order valence-corrected chi connectivity index (χ2v) is 5.04. The largest absolute Gasteiger partial charge is 0.497 e. The van der Waals surface area contributed by atoms with Gasteiger partial charge in [-0.05, 0) is 30.3 Å². The number of hydrogen-bond donors (Lipinski definition) is 1. The number of methoxy groups -OCH3 is 1. The fourth-order valence-electron chi connectivity index (χ4n) is 2.06. The van der Waals surface area contributed by atoms with Gasteiger partial charge < -0.3 is 15.3 Å². The number of carbonyl (C=O) groups is 1. The van der Waals surface area contributed by atoms with E-state index < -0.39 is 29.6 Å². The summed E-state index contributed by atoms with van der Waals surface area (Å²) >= 11 is 0. The first-order valence-electron chi connectivity index (χ1n) is 7.11. The van der Waals surface area contributed by atoms with Gasteiger partial charge in [-0.15, -0.1) is 5.06 Å². The maximum absolute atomic E-state index is 13.0. The Kier molecular flexibility index (Phi) is 5.60. The third kappa shape index (κ3) is 4.46. The zero-order chi connectivity index (χ0) is 18.6. The smallest absolute Gasteiger partial charge is 0.418 e. The number of rotatable bonds is 5. The van der Waals surface area contributed by atoms with Crippen molar-refractivity contribution in [1.29, 1.82) is 0 Å². The summed E-state index contributed by atoms with van der Waals surface area (Å²) in [6, 6.07) is 8.14. The molecule has 1 heterocycles. The van der Waals surface area contributed by atoms with Gasteiger partial charge in [-0.3, -0.25) is 4.98 Å². The molecule has 2 N–H and O–H groups in total. The molecule has 1 aromatic carbocycles. The van der Waals surface area contributed by atoms with E-state index in [-0.39, 0.29) is 5.56 Å². The summed E-state index contributed by atoms with van der Waals surface area (Å²) in [7, 11) is 2.68. The Hall–Kier alpha value is -2.65. The zero-order valence-electron chi connectivity index (χ0n) is 13.4. The summed E-state index contributed by atoms with van der Waals surface area (Å²) in [5.41, 5.74) is 4.50. The van der Waals surface area contributed by atoms with Gasteiger partial charge in [0.05, 0.1) is 23.9 Å². The van der Waals surface area contributed by atoms with Crippen molar-refractivity contribution in [2.24, 2.45) is 5.73 Å². The van der Waals surface area contributed by atoms with Crippen molar-refractivity contribution in [3.05, 3.63) is 59.4 Å². The summed E-state index contributed by atoms with van der Waals surface area (Å²) in [5.74, 6) is -0.355. The summed E-state index contributed by atoms with van der Waals surface area (Å²) in [4.78, 5) is 20.8. The molecule has 1 aromatic heterocycles. The number of halogens is 3. The van der Waals surface area contributed by atoms with Crippen molar-refractivity contribution < 1.29 is 27.5 Å². The molecule has 134 valence electrons. The molecule has 0 radical (unpaired) electrons. The number of alkyl halides is 3. The molecule has 25 heavy (non-hydrogen) atoms. The van der Waals surface area contributed by atoms with Gasteiger partial charge >= 0.3 is 12.1 Å². The highest BCUT2D eigenvalue weighted by molar-refractivity contribution is 5.89. The molecule has 0 saturated carbocycles. The van der Waals surface area contributed by atoms with Crippen molar-refractivity contribution in [2.45, 2.75) is 12.3 Å². The van der Waals surface area contributed by atoms with Gasteiger partial charge in [-0.25, -0.2) is 4.79 Å². The lowest BCUT2D eigenvalue weighted by Gasteiger charge is -2.24. The minimum Gasteiger partial charge on any atom is -0.497 e. The van der Waals surface area contributed by atoms with Gasteiger partial charge in [-0.1, -0.05) is 6.07 Å². The second-order valence-electron chi connectivity index (χ2n) is 5.04. The Morgan fingerprint density at radius 1 is 1.28 bits per heavy atom. The summed E-state index contributed by atoms with van der Waals surface area (Å²) < 4.78 is 44.1. The van der Waals surface area contributed by atoms with E-state index in [1.807, 2.05) is 0 Å². The Morgan fingerprint density at radius 3 is 2.64 bits per heavy atom. The van der Waals surface area contributed by atoms with Gasteiger partial charge in [0, 0.05) is 13.2 Å². The molecule has 0 amide bonds. The number of nitrogens with zero attached hydrogens (tertiary/aromatic N) is 2. The van der Waals surface area contributed by atoms with E-state index in [0.717, 1.165) is 17.2 Å². The molecule has 6 nitrogen and oxygen atoms in total. The summed E-state index contributed by atoms with van der Waals surface area (Å²) in [6.07, 6.45) is -4.84. The van der Waals surface area contributed by atoms with E-state index in [2.05, 4.69) is 4.98 Å². The fourth-order valence-corrected chi connectivity index (χ4v) is 2.06. The first-order chi connectivity index (χ1) is 11.7. The average molecular weight is 355 g/mol. The average Bonchev–Trinajstić information content (AvgIpc) is 2.60. The number of hydrogen-bond acceptors (Lipinski definition) is 6. The Balaban J connectivity index is 2.18. The molecule has 2 rings (SSSR count). The lowest BCUT2D eigenvalue weighted by molar-refractivity contribution is -0.144. The van der Waals surface area contributed by atoms with Crippen molar-refractivity contribution in [3.63, 3.8) is 0 Å². The summed E-state index contributed by atoms with van der Waals surface area (Å²) in [5, 5.41) is 0.819.